The highest BCUT2D eigenvalue weighted by Gasteiger charge is 2.18. The number of allylic oxidation sites excluding steroid dienone is 3. The van der Waals surface area contributed by atoms with E-state index in [1.54, 1.807) is 6.08 Å². The minimum Gasteiger partial charge on any atom is -0.466 e. The molecule has 0 aromatic rings. The number of aliphatic hydroxyl groups excluding tert-OH is 2. The number of aliphatic hydroxyl groups is 2. The summed E-state index contributed by atoms with van der Waals surface area (Å²) < 4.78 is 5.47. The van der Waals surface area contributed by atoms with Gasteiger partial charge in [0.25, 0.3) is 0 Å². The van der Waals surface area contributed by atoms with Crippen molar-refractivity contribution in [1.29, 1.82) is 0 Å². The van der Waals surface area contributed by atoms with Crippen molar-refractivity contribution in [3.63, 3.8) is 0 Å². The fourth-order valence-electron chi connectivity index (χ4n) is 9.69. The number of rotatable bonds is 58. The van der Waals surface area contributed by atoms with Gasteiger partial charge >= 0.3 is 5.97 Å². The maximum absolute atomic E-state index is 12.5. The highest BCUT2D eigenvalue weighted by Crippen LogP contribution is 2.18. The smallest absolute Gasteiger partial charge is 0.305 e. The molecule has 0 saturated carbocycles. The molecule has 0 fully saturated rings. The van der Waals surface area contributed by atoms with E-state index < -0.39 is 12.1 Å². The normalized spacial score (nSPS) is 12.7. The summed E-state index contributed by atoms with van der Waals surface area (Å²) in [5.74, 6) is -0.0575. The molecule has 0 bridgehead atoms. The van der Waals surface area contributed by atoms with Gasteiger partial charge in [-0.2, -0.15) is 0 Å². The SMILES string of the molecule is CCCCC/C=C\CCCCCCCC(=O)OCCCCCCCCCCCCCCCCCCCCCCCCCCCCC(=O)NC(CO)C(O)/C=C/CCCCCCCCCCCCCC. The summed E-state index contributed by atoms with van der Waals surface area (Å²) in [6.07, 6.45) is 72.2. The highest BCUT2D eigenvalue weighted by atomic mass is 16.5. The molecule has 6 nitrogen and oxygen atoms in total. The number of unbranched alkanes of at least 4 members (excludes halogenated alkanes) is 45. The van der Waals surface area contributed by atoms with Crippen LogP contribution in [0.25, 0.3) is 0 Å². The summed E-state index contributed by atoms with van der Waals surface area (Å²) >= 11 is 0. The minimum atomic E-state index is -0.842. The fourth-order valence-corrected chi connectivity index (χ4v) is 9.69. The number of nitrogens with one attached hydrogen (secondary N) is 1. The Morgan fingerprint density at radius 2 is 0.681 bits per heavy atom. The second-order valence-corrected chi connectivity index (χ2v) is 21.4. The molecule has 0 rings (SSSR count). The van der Waals surface area contributed by atoms with Gasteiger partial charge in [-0.15, -0.1) is 0 Å². The molecule has 3 N–H and O–H groups in total. The average molecular weight is 973 g/mol. The number of ether oxygens (including phenoxy) is 1. The zero-order chi connectivity index (χ0) is 50.0. The lowest BCUT2D eigenvalue weighted by molar-refractivity contribution is -0.143. The van der Waals surface area contributed by atoms with Crippen LogP contribution in [0.1, 0.15) is 341 Å². The van der Waals surface area contributed by atoms with Gasteiger partial charge in [0.2, 0.25) is 5.91 Å². The summed E-state index contributed by atoms with van der Waals surface area (Å²) in [5, 5.41) is 23.1. The second-order valence-electron chi connectivity index (χ2n) is 21.4. The summed E-state index contributed by atoms with van der Waals surface area (Å²) in [6, 6.07) is -0.625. The van der Waals surface area contributed by atoms with Crippen molar-refractivity contribution in [3.05, 3.63) is 24.3 Å². The average Bonchev–Trinajstić information content (AvgIpc) is 3.35. The fraction of sp³-hybridized carbons (Fsp3) is 0.905. The molecule has 0 aliphatic heterocycles. The van der Waals surface area contributed by atoms with Crippen molar-refractivity contribution >= 4 is 11.9 Å². The van der Waals surface area contributed by atoms with Crippen LogP contribution in [0.2, 0.25) is 0 Å². The van der Waals surface area contributed by atoms with E-state index in [0.29, 0.717) is 19.4 Å². The summed E-state index contributed by atoms with van der Waals surface area (Å²) in [6.45, 7) is 4.89. The lowest BCUT2D eigenvalue weighted by Crippen LogP contribution is -2.45. The van der Waals surface area contributed by atoms with Gasteiger partial charge < -0.3 is 20.3 Å². The first-order valence-corrected chi connectivity index (χ1v) is 31.1. The van der Waals surface area contributed by atoms with Crippen LogP contribution in [-0.2, 0) is 14.3 Å². The topological polar surface area (TPSA) is 95.9 Å². The van der Waals surface area contributed by atoms with Crippen LogP contribution in [0.15, 0.2) is 24.3 Å². The molecule has 1 amide bonds. The van der Waals surface area contributed by atoms with Crippen LogP contribution in [-0.4, -0.2) is 47.4 Å². The number of hydrogen-bond donors (Lipinski definition) is 3. The Bertz CT molecular complexity index is 1080. The number of amides is 1. The minimum absolute atomic E-state index is 0.00688. The second kappa shape index (κ2) is 58.9. The Labute approximate surface area is 431 Å². The first-order valence-electron chi connectivity index (χ1n) is 31.1. The molecule has 69 heavy (non-hydrogen) atoms. The van der Waals surface area contributed by atoms with Gasteiger partial charge in [-0.05, 0) is 57.8 Å². The van der Waals surface area contributed by atoms with E-state index in [4.69, 9.17) is 4.74 Å². The van der Waals surface area contributed by atoms with E-state index in [9.17, 15) is 19.8 Å². The van der Waals surface area contributed by atoms with Gasteiger partial charge in [-0.3, -0.25) is 9.59 Å². The Morgan fingerprint density at radius 3 is 1.06 bits per heavy atom. The Kier molecular flexibility index (Phi) is 57.5. The number of esters is 1. The van der Waals surface area contributed by atoms with Gasteiger partial charge in [-0.1, -0.05) is 295 Å². The van der Waals surface area contributed by atoms with E-state index >= 15 is 0 Å². The molecule has 408 valence electrons. The first kappa shape index (κ1) is 67.3. The quantitative estimate of drug-likeness (QED) is 0.0321. The van der Waals surface area contributed by atoms with Crippen LogP contribution < -0.4 is 5.32 Å². The lowest BCUT2D eigenvalue weighted by Gasteiger charge is -2.20. The third-order valence-corrected chi connectivity index (χ3v) is 14.5. The molecule has 0 aromatic heterocycles. The largest absolute Gasteiger partial charge is 0.466 e. The van der Waals surface area contributed by atoms with Gasteiger partial charge in [0.1, 0.15) is 0 Å². The number of carbonyl (C=O) groups is 2. The molecular weight excluding hydrogens is 851 g/mol. The standard InChI is InChI=1S/C63H121NO5/c1-3-5-7-9-11-13-15-17-32-35-39-43-47-51-55-61(66)60(59-65)64-62(67)56-52-48-44-40-36-33-30-28-26-24-22-20-18-19-21-23-25-27-29-31-34-38-42-46-50-54-58-69-63(68)57-53-49-45-41-37-16-14-12-10-8-6-4-2/h12,14,51,55,60-61,65-66H,3-11,13,15-50,52-54,56-59H2,1-2H3,(H,64,67)/b14-12-,55-51+. The van der Waals surface area contributed by atoms with Crippen LogP contribution in [0, 0.1) is 0 Å². The van der Waals surface area contributed by atoms with Crippen LogP contribution in [0.4, 0.5) is 0 Å². The molecule has 0 aromatic carbocycles. The first-order chi connectivity index (χ1) is 34.0. The Hall–Kier alpha value is -1.66. The van der Waals surface area contributed by atoms with E-state index in [0.717, 1.165) is 44.9 Å². The van der Waals surface area contributed by atoms with Crippen molar-refractivity contribution in [1.82, 2.24) is 5.32 Å². The van der Waals surface area contributed by atoms with Gasteiger partial charge in [0.05, 0.1) is 25.4 Å². The summed E-state index contributed by atoms with van der Waals surface area (Å²) in [7, 11) is 0. The third-order valence-electron chi connectivity index (χ3n) is 14.5. The van der Waals surface area contributed by atoms with Crippen molar-refractivity contribution < 1.29 is 24.5 Å². The lowest BCUT2D eigenvalue weighted by atomic mass is 10.0. The molecule has 2 unspecified atom stereocenters. The van der Waals surface area contributed by atoms with E-state index in [-0.39, 0.29) is 18.5 Å². The van der Waals surface area contributed by atoms with Crippen LogP contribution in [0.5, 0.6) is 0 Å². The summed E-state index contributed by atoms with van der Waals surface area (Å²) in [5.41, 5.74) is 0. The van der Waals surface area contributed by atoms with E-state index in [2.05, 4.69) is 31.3 Å². The molecule has 0 aliphatic rings. The van der Waals surface area contributed by atoms with Crippen molar-refractivity contribution in [2.24, 2.45) is 0 Å². The maximum atomic E-state index is 12.5. The Balaban J connectivity index is 3.37. The molecule has 0 radical (unpaired) electrons. The molecular formula is C63H121NO5. The molecule has 0 heterocycles. The van der Waals surface area contributed by atoms with Crippen LogP contribution in [0.3, 0.4) is 0 Å². The predicted molar refractivity (Wildman–Crippen MR) is 301 cm³/mol. The third kappa shape index (κ3) is 55.5. The molecule has 0 aliphatic carbocycles. The molecule has 0 saturated heterocycles. The van der Waals surface area contributed by atoms with E-state index in [1.807, 2.05) is 6.08 Å². The van der Waals surface area contributed by atoms with Gasteiger partial charge in [0.15, 0.2) is 0 Å². The molecule has 2 atom stereocenters. The monoisotopic (exact) mass is 972 g/mol. The van der Waals surface area contributed by atoms with Crippen molar-refractivity contribution in [2.75, 3.05) is 13.2 Å². The number of carbonyl (C=O) groups excluding carboxylic acids is 2. The zero-order valence-corrected chi connectivity index (χ0v) is 46.6. The van der Waals surface area contributed by atoms with Crippen LogP contribution >= 0.6 is 0 Å². The maximum Gasteiger partial charge on any atom is 0.305 e. The molecule has 0 spiro atoms. The van der Waals surface area contributed by atoms with Crippen molar-refractivity contribution in [3.8, 4) is 0 Å². The van der Waals surface area contributed by atoms with Gasteiger partial charge in [0, 0.05) is 12.8 Å². The predicted octanol–water partition coefficient (Wildman–Crippen LogP) is 19.4. The summed E-state index contributed by atoms with van der Waals surface area (Å²) in [4.78, 5) is 24.5. The highest BCUT2D eigenvalue weighted by molar-refractivity contribution is 5.76. The number of hydrogen-bond acceptors (Lipinski definition) is 5. The molecule has 6 heteroatoms. The Morgan fingerprint density at radius 1 is 0.391 bits per heavy atom. The van der Waals surface area contributed by atoms with Crippen molar-refractivity contribution in [2.45, 2.75) is 353 Å². The van der Waals surface area contributed by atoms with E-state index in [1.165, 1.54) is 270 Å². The van der Waals surface area contributed by atoms with Gasteiger partial charge in [-0.25, -0.2) is 0 Å². The zero-order valence-electron chi connectivity index (χ0n) is 46.6.